The highest BCUT2D eigenvalue weighted by Gasteiger charge is 1.83. The van der Waals surface area contributed by atoms with Gasteiger partial charge >= 0.3 is 0 Å². The van der Waals surface area contributed by atoms with E-state index >= 15 is 0 Å². The Balaban J connectivity index is 2.31. The minimum atomic E-state index is 1.11. The first-order valence-corrected chi connectivity index (χ1v) is 3.13. The van der Waals surface area contributed by atoms with Crippen LogP contribution < -0.4 is 0 Å². The lowest BCUT2D eigenvalue weighted by molar-refractivity contribution is 0.987. The SMILES string of the molecule is [CH]1/C=C\C/C=C\CC1. The molecule has 0 nitrogen and oxygen atoms in total. The van der Waals surface area contributed by atoms with Crippen molar-refractivity contribution in [1.82, 2.24) is 0 Å². The van der Waals surface area contributed by atoms with Crippen LogP contribution in [0.2, 0.25) is 0 Å². The summed E-state index contributed by atoms with van der Waals surface area (Å²) in [5.74, 6) is 0. The lowest BCUT2D eigenvalue weighted by atomic mass is 10.1. The largest absolute Gasteiger partial charge is 0.0882 e. The molecule has 1 aliphatic carbocycles. The molecular formula is C8H11. The van der Waals surface area contributed by atoms with E-state index in [1.165, 1.54) is 12.8 Å². The molecule has 0 N–H and O–H groups in total. The molecule has 0 fully saturated rings. The summed E-state index contributed by atoms with van der Waals surface area (Å²) in [6.07, 6.45) is 14.5. The second kappa shape index (κ2) is 3.48. The zero-order chi connectivity index (χ0) is 5.66. The molecule has 0 heterocycles. The van der Waals surface area contributed by atoms with Gasteiger partial charge in [0.25, 0.3) is 0 Å². The molecule has 1 rings (SSSR count). The van der Waals surface area contributed by atoms with Gasteiger partial charge in [-0.1, -0.05) is 24.3 Å². The van der Waals surface area contributed by atoms with Gasteiger partial charge in [0.15, 0.2) is 0 Å². The number of hydrogen-bond acceptors (Lipinski definition) is 0. The Morgan fingerprint density at radius 3 is 2.88 bits per heavy atom. The lowest BCUT2D eigenvalue weighted by Gasteiger charge is -1.92. The fourth-order valence-corrected chi connectivity index (χ4v) is 0.756. The summed E-state index contributed by atoms with van der Waals surface area (Å²) >= 11 is 0. The molecule has 0 spiro atoms. The average molecular weight is 107 g/mol. The van der Waals surface area contributed by atoms with Gasteiger partial charge in [-0.3, -0.25) is 0 Å². The summed E-state index contributed by atoms with van der Waals surface area (Å²) in [6, 6.07) is 0. The molecule has 0 saturated heterocycles. The van der Waals surface area contributed by atoms with Crippen molar-refractivity contribution >= 4 is 0 Å². The Labute approximate surface area is 50.9 Å². The average Bonchev–Trinajstić information content (AvgIpc) is 1.62. The maximum atomic E-state index is 2.24. The Hall–Kier alpha value is -0.520. The molecule has 8 heavy (non-hydrogen) atoms. The monoisotopic (exact) mass is 107 g/mol. The van der Waals surface area contributed by atoms with Crippen LogP contribution in [0.25, 0.3) is 0 Å². The Morgan fingerprint density at radius 1 is 0.875 bits per heavy atom. The minimum absolute atomic E-state index is 1.11. The third-order valence-electron chi connectivity index (χ3n) is 1.21. The van der Waals surface area contributed by atoms with Crippen molar-refractivity contribution < 1.29 is 0 Å². The highest BCUT2D eigenvalue weighted by atomic mass is 13.9. The minimum Gasteiger partial charge on any atom is -0.0882 e. The van der Waals surface area contributed by atoms with E-state index in [2.05, 4.69) is 30.7 Å². The third-order valence-corrected chi connectivity index (χ3v) is 1.21. The Morgan fingerprint density at radius 2 is 1.88 bits per heavy atom. The normalized spacial score (nSPS) is 28.0. The van der Waals surface area contributed by atoms with Gasteiger partial charge in [-0.05, 0) is 25.7 Å². The summed E-state index contributed by atoms with van der Waals surface area (Å²) in [5.41, 5.74) is 0. The standard InChI is InChI=1S/C8H11/c1-2-4-6-8-7-5-3-1/h1-3,6,8H,4-5,7H2/b2-1-,8-6-. The van der Waals surface area contributed by atoms with Crippen LogP contribution in [0.3, 0.4) is 0 Å². The summed E-state index contributed by atoms with van der Waals surface area (Å²) in [6.45, 7) is 0. The van der Waals surface area contributed by atoms with E-state index in [4.69, 9.17) is 0 Å². The molecule has 0 heteroatoms. The van der Waals surface area contributed by atoms with E-state index in [1.54, 1.807) is 0 Å². The molecule has 0 aliphatic heterocycles. The predicted molar refractivity (Wildman–Crippen MR) is 36.4 cm³/mol. The number of rotatable bonds is 0. The summed E-state index contributed by atoms with van der Waals surface area (Å²) in [4.78, 5) is 0. The molecule has 0 amide bonds. The van der Waals surface area contributed by atoms with E-state index in [-0.39, 0.29) is 0 Å². The molecule has 1 aliphatic rings. The lowest BCUT2D eigenvalue weighted by Crippen LogP contribution is -1.73. The molecule has 0 bridgehead atoms. The Kier molecular flexibility index (Phi) is 2.44. The molecule has 0 atom stereocenters. The van der Waals surface area contributed by atoms with Crippen LogP contribution in [0.15, 0.2) is 24.3 Å². The van der Waals surface area contributed by atoms with Gasteiger partial charge in [-0.15, -0.1) is 0 Å². The molecule has 0 aromatic rings. The molecular weight excluding hydrogens is 96.1 g/mol. The molecule has 0 saturated carbocycles. The Bertz CT molecular complexity index is 86.6. The molecule has 0 aromatic heterocycles. The molecule has 1 radical (unpaired) electrons. The van der Waals surface area contributed by atoms with Crippen LogP contribution in [0.4, 0.5) is 0 Å². The van der Waals surface area contributed by atoms with Crippen molar-refractivity contribution in [3.63, 3.8) is 0 Å². The number of hydrogen-bond donors (Lipinski definition) is 0. The summed E-state index contributed by atoms with van der Waals surface area (Å²) in [7, 11) is 0. The van der Waals surface area contributed by atoms with Crippen molar-refractivity contribution in [2.75, 3.05) is 0 Å². The van der Waals surface area contributed by atoms with Crippen LogP contribution in [-0.4, -0.2) is 0 Å². The van der Waals surface area contributed by atoms with Crippen molar-refractivity contribution in [3.05, 3.63) is 30.7 Å². The summed E-state index contributed by atoms with van der Waals surface area (Å²) < 4.78 is 0. The van der Waals surface area contributed by atoms with Crippen molar-refractivity contribution in [3.8, 4) is 0 Å². The second-order valence-electron chi connectivity index (χ2n) is 1.95. The first kappa shape index (κ1) is 5.61. The van der Waals surface area contributed by atoms with Gasteiger partial charge in [-0.2, -0.15) is 0 Å². The van der Waals surface area contributed by atoms with Gasteiger partial charge in [-0.25, -0.2) is 0 Å². The predicted octanol–water partition coefficient (Wildman–Crippen LogP) is 2.49. The fraction of sp³-hybridized carbons (Fsp3) is 0.375. The molecule has 43 valence electrons. The van der Waals surface area contributed by atoms with Crippen molar-refractivity contribution in [1.29, 1.82) is 0 Å². The first-order valence-electron chi connectivity index (χ1n) is 3.13. The van der Waals surface area contributed by atoms with E-state index in [0.29, 0.717) is 0 Å². The van der Waals surface area contributed by atoms with Gasteiger partial charge in [0.05, 0.1) is 0 Å². The highest BCUT2D eigenvalue weighted by Crippen LogP contribution is 2.01. The second-order valence-corrected chi connectivity index (χ2v) is 1.95. The zero-order valence-corrected chi connectivity index (χ0v) is 5.01. The molecule has 0 unspecified atom stereocenters. The van der Waals surface area contributed by atoms with Crippen molar-refractivity contribution in [2.45, 2.75) is 19.3 Å². The van der Waals surface area contributed by atoms with Crippen LogP contribution in [0.1, 0.15) is 19.3 Å². The number of allylic oxidation sites excluding steroid dienone is 4. The highest BCUT2D eigenvalue weighted by molar-refractivity contribution is 5.02. The third kappa shape index (κ3) is 1.97. The maximum absolute atomic E-state index is 2.24. The summed E-state index contributed by atoms with van der Waals surface area (Å²) in [5, 5.41) is 0. The van der Waals surface area contributed by atoms with Gasteiger partial charge in [0.2, 0.25) is 0 Å². The van der Waals surface area contributed by atoms with Crippen LogP contribution in [-0.2, 0) is 0 Å². The van der Waals surface area contributed by atoms with Crippen molar-refractivity contribution in [2.24, 2.45) is 0 Å². The van der Waals surface area contributed by atoms with E-state index in [9.17, 15) is 0 Å². The topological polar surface area (TPSA) is 0 Å². The van der Waals surface area contributed by atoms with Gasteiger partial charge < -0.3 is 0 Å². The fourth-order valence-electron chi connectivity index (χ4n) is 0.756. The van der Waals surface area contributed by atoms with Crippen LogP contribution in [0, 0.1) is 6.42 Å². The zero-order valence-electron chi connectivity index (χ0n) is 5.01. The van der Waals surface area contributed by atoms with E-state index in [0.717, 1.165) is 6.42 Å². The molecule has 0 aromatic carbocycles. The smallest absolute Gasteiger partial charge is 0.0167 e. The van der Waals surface area contributed by atoms with Crippen LogP contribution in [0.5, 0.6) is 0 Å². The first-order chi connectivity index (χ1) is 4.00. The maximum Gasteiger partial charge on any atom is -0.0167 e. The van der Waals surface area contributed by atoms with E-state index < -0.39 is 0 Å². The quantitative estimate of drug-likeness (QED) is 0.417. The van der Waals surface area contributed by atoms with Gasteiger partial charge in [0, 0.05) is 0 Å². The van der Waals surface area contributed by atoms with E-state index in [1.807, 2.05) is 0 Å². The van der Waals surface area contributed by atoms with Crippen LogP contribution >= 0.6 is 0 Å². The van der Waals surface area contributed by atoms with Gasteiger partial charge in [0.1, 0.15) is 0 Å².